The smallest absolute Gasteiger partial charge is 0.238 e. The summed E-state index contributed by atoms with van der Waals surface area (Å²) in [4.78, 5) is 10.3. The van der Waals surface area contributed by atoms with E-state index in [0.717, 1.165) is 19.4 Å². The van der Waals surface area contributed by atoms with Gasteiger partial charge in [0.05, 0.1) is 4.90 Å². The van der Waals surface area contributed by atoms with Gasteiger partial charge in [0.25, 0.3) is 0 Å². The highest BCUT2D eigenvalue weighted by Gasteiger charge is 2.05. The van der Waals surface area contributed by atoms with Gasteiger partial charge in [-0.05, 0) is 18.6 Å². The molecule has 1 aliphatic rings. The number of carbonyl (C=O) groups is 1. The second-order valence-electron chi connectivity index (χ2n) is 3.31. The Bertz CT molecular complexity index is 434. The second-order valence-corrected chi connectivity index (χ2v) is 4.87. The lowest BCUT2D eigenvalue weighted by Gasteiger charge is -1.93. The zero-order chi connectivity index (χ0) is 12.0. The highest BCUT2D eigenvalue weighted by Crippen LogP contribution is 2.03. The number of nitrogens with one attached hydrogen (secondary N) is 1. The average Bonchev–Trinajstić information content (AvgIpc) is 2.70. The maximum atomic E-state index is 10.6. The van der Waals surface area contributed by atoms with Gasteiger partial charge < -0.3 is 5.32 Å². The van der Waals surface area contributed by atoms with Gasteiger partial charge >= 0.3 is 0 Å². The molecule has 2 rings (SSSR count). The Morgan fingerprint density at radius 1 is 1.19 bits per heavy atom. The average molecular weight is 242 g/mol. The molecule has 1 aliphatic heterocycles. The zero-order valence-electron chi connectivity index (χ0n) is 8.72. The normalized spacial score (nSPS) is 14.9. The summed E-state index contributed by atoms with van der Waals surface area (Å²) in [7, 11) is -3.50. The molecule has 16 heavy (non-hydrogen) atoms. The fourth-order valence-corrected chi connectivity index (χ4v) is 1.71. The number of nitrogens with two attached hydrogens (primary N) is 1. The number of benzene rings is 1. The maximum Gasteiger partial charge on any atom is 0.238 e. The summed E-state index contributed by atoms with van der Waals surface area (Å²) < 4.78 is 21.2. The fourth-order valence-electron chi connectivity index (χ4n) is 1.18. The first kappa shape index (κ1) is 12.7. The van der Waals surface area contributed by atoms with E-state index in [4.69, 9.17) is 5.14 Å². The third-order valence-corrected chi connectivity index (χ3v) is 2.90. The first-order valence-electron chi connectivity index (χ1n) is 4.85. The van der Waals surface area contributed by atoms with E-state index >= 15 is 0 Å². The minimum atomic E-state index is -3.50. The van der Waals surface area contributed by atoms with Crippen LogP contribution in [0.15, 0.2) is 35.2 Å². The number of sulfonamides is 1. The predicted molar refractivity (Wildman–Crippen MR) is 60.1 cm³/mol. The molecular weight excluding hydrogens is 228 g/mol. The SMILES string of the molecule is NS(=O)(=O)c1ccccc1.O=C1CCCN1. The number of hydrogen-bond donors (Lipinski definition) is 2. The van der Waals surface area contributed by atoms with Crippen molar-refractivity contribution < 1.29 is 13.2 Å². The summed E-state index contributed by atoms with van der Waals surface area (Å²) in [6.07, 6.45) is 1.76. The first-order valence-corrected chi connectivity index (χ1v) is 6.39. The summed E-state index contributed by atoms with van der Waals surface area (Å²) in [6.45, 7) is 0.888. The number of hydrogen-bond acceptors (Lipinski definition) is 3. The third-order valence-electron chi connectivity index (χ3n) is 1.97. The van der Waals surface area contributed by atoms with Crippen molar-refractivity contribution in [1.29, 1.82) is 0 Å². The number of amides is 1. The van der Waals surface area contributed by atoms with Crippen LogP contribution in [-0.4, -0.2) is 20.9 Å². The van der Waals surface area contributed by atoms with Crippen LogP contribution in [0.2, 0.25) is 0 Å². The van der Waals surface area contributed by atoms with E-state index < -0.39 is 10.0 Å². The highest BCUT2D eigenvalue weighted by atomic mass is 32.2. The number of carbonyl (C=O) groups excluding carboxylic acids is 1. The van der Waals surface area contributed by atoms with Gasteiger partial charge in [-0.3, -0.25) is 4.79 Å². The number of primary sulfonamides is 1. The van der Waals surface area contributed by atoms with E-state index in [1.165, 1.54) is 12.1 Å². The Balaban J connectivity index is 0.000000181. The van der Waals surface area contributed by atoms with Crippen molar-refractivity contribution in [2.75, 3.05) is 6.54 Å². The van der Waals surface area contributed by atoms with E-state index in [1.54, 1.807) is 18.2 Å². The zero-order valence-corrected chi connectivity index (χ0v) is 9.53. The molecule has 5 nitrogen and oxygen atoms in total. The highest BCUT2D eigenvalue weighted by molar-refractivity contribution is 7.89. The quantitative estimate of drug-likeness (QED) is 0.738. The minimum absolute atomic E-state index is 0.148. The first-order chi connectivity index (χ1) is 7.50. The van der Waals surface area contributed by atoms with E-state index in [0.29, 0.717) is 0 Å². The van der Waals surface area contributed by atoms with Crippen molar-refractivity contribution >= 4 is 15.9 Å². The van der Waals surface area contributed by atoms with Crippen molar-refractivity contribution in [2.24, 2.45) is 5.14 Å². The van der Waals surface area contributed by atoms with Crippen molar-refractivity contribution in [1.82, 2.24) is 5.32 Å². The molecule has 0 bridgehead atoms. The summed E-state index contributed by atoms with van der Waals surface area (Å²) >= 11 is 0. The minimum Gasteiger partial charge on any atom is -0.356 e. The Morgan fingerprint density at radius 3 is 2.06 bits per heavy atom. The van der Waals surface area contributed by atoms with Gasteiger partial charge in [0.2, 0.25) is 15.9 Å². The largest absolute Gasteiger partial charge is 0.356 e. The molecule has 0 radical (unpaired) electrons. The monoisotopic (exact) mass is 242 g/mol. The van der Waals surface area contributed by atoms with Gasteiger partial charge in [-0.2, -0.15) is 0 Å². The van der Waals surface area contributed by atoms with E-state index in [1.807, 2.05) is 0 Å². The predicted octanol–water partition coefficient (Wildman–Crippen LogP) is 0.230. The van der Waals surface area contributed by atoms with Gasteiger partial charge in [0.1, 0.15) is 0 Å². The van der Waals surface area contributed by atoms with Gasteiger partial charge in [-0.25, -0.2) is 13.6 Å². The van der Waals surface area contributed by atoms with Crippen molar-refractivity contribution in [3.8, 4) is 0 Å². The molecule has 0 saturated carbocycles. The standard InChI is InChI=1S/C6H7NO2S.C4H7NO/c7-10(8,9)6-4-2-1-3-5-6;6-4-2-1-3-5-4/h1-5H,(H2,7,8,9);1-3H2,(H,5,6). The van der Waals surface area contributed by atoms with Crippen LogP contribution >= 0.6 is 0 Å². The molecule has 0 aliphatic carbocycles. The van der Waals surface area contributed by atoms with E-state index in [9.17, 15) is 13.2 Å². The maximum absolute atomic E-state index is 10.6. The summed E-state index contributed by atoms with van der Waals surface area (Å²) in [5, 5.41) is 7.51. The van der Waals surface area contributed by atoms with Crippen LogP contribution in [0.3, 0.4) is 0 Å². The third kappa shape index (κ3) is 4.41. The molecule has 1 aromatic rings. The fraction of sp³-hybridized carbons (Fsp3) is 0.300. The topological polar surface area (TPSA) is 89.3 Å². The van der Waals surface area contributed by atoms with Gasteiger partial charge in [-0.1, -0.05) is 18.2 Å². The molecule has 88 valence electrons. The lowest BCUT2D eigenvalue weighted by atomic mass is 10.4. The molecule has 1 saturated heterocycles. The molecule has 3 N–H and O–H groups in total. The molecular formula is C10H14N2O3S. The molecule has 1 aromatic carbocycles. The molecule has 1 heterocycles. The van der Waals surface area contributed by atoms with E-state index in [2.05, 4.69) is 5.32 Å². The molecule has 0 unspecified atom stereocenters. The molecule has 1 fully saturated rings. The van der Waals surface area contributed by atoms with Crippen LogP contribution in [0.1, 0.15) is 12.8 Å². The summed E-state index contributed by atoms with van der Waals surface area (Å²) in [5.74, 6) is 0.204. The van der Waals surface area contributed by atoms with Gasteiger partial charge in [0, 0.05) is 13.0 Å². The van der Waals surface area contributed by atoms with Gasteiger partial charge in [0.15, 0.2) is 0 Å². The lowest BCUT2D eigenvalue weighted by molar-refractivity contribution is -0.119. The van der Waals surface area contributed by atoms with Crippen molar-refractivity contribution in [3.63, 3.8) is 0 Å². The summed E-state index contributed by atoms with van der Waals surface area (Å²) in [6, 6.07) is 7.89. The van der Waals surface area contributed by atoms with Crippen LogP contribution < -0.4 is 10.5 Å². The number of rotatable bonds is 1. The van der Waals surface area contributed by atoms with Crippen molar-refractivity contribution in [3.05, 3.63) is 30.3 Å². The van der Waals surface area contributed by atoms with Crippen LogP contribution in [0.4, 0.5) is 0 Å². The van der Waals surface area contributed by atoms with Crippen LogP contribution in [-0.2, 0) is 14.8 Å². The molecule has 0 spiro atoms. The van der Waals surface area contributed by atoms with Crippen LogP contribution in [0, 0.1) is 0 Å². The molecule has 6 heteroatoms. The van der Waals surface area contributed by atoms with Crippen LogP contribution in [0.5, 0.6) is 0 Å². The van der Waals surface area contributed by atoms with Crippen molar-refractivity contribution in [2.45, 2.75) is 17.7 Å². The molecule has 0 atom stereocenters. The second kappa shape index (κ2) is 5.62. The Kier molecular flexibility index (Phi) is 4.45. The lowest BCUT2D eigenvalue weighted by Crippen LogP contribution is -2.12. The molecule has 1 amide bonds. The Morgan fingerprint density at radius 2 is 1.81 bits per heavy atom. The van der Waals surface area contributed by atoms with Gasteiger partial charge in [-0.15, -0.1) is 0 Å². The Labute approximate surface area is 94.7 Å². The molecule has 0 aromatic heterocycles. The Hall–Kier alpha value is -1.40. The summed E-state index contributed by atoms with van der Waals surface area (Å²) in [5.41, 5.74) is 0. The van der Waals surface area contributed by atoms with Crippen LogP contribution in [0.25, 0.3) is 0 Å². The van der Waals surface area contributed by atoms with E-state index in [-0.39, 0.29) is 10.8 Å².